The number of carbonyl (C=O) groups excluding carboxylic acids is 1. The molecule has 0 spiro atoms. The monoisotopic (exact) mass is 255 g/mol. The van der Waals surface area contributed by atoms with E-state index in [-0.39, 0.29) is 18.0 Å². The summed E-state index contributed by atoms with van der Waals surface area (Å²) in [5.41, 5.74) is 0. The van der Waals surface area contributed by atoms with Gasteiger partial charge < -0.3 is 14.8 Å². The van der Waals surface area contributed by atoms with E-state index >= 15 is 0 Å². The molecule has 0 aliphatic heterocycles. The Morgan fingerprint density at radius 2 is 1.94 bits per heavy atom. The van der Waals surface area contributed by atoms with Crippen LogP contribution in [0.3, 0.4) is 0 Å². The van der Waals surface area contributed by atoms with Crippen molar-refractivity contribution in [1.29, 1.82) is 0 Å². The first-order chi connectivity index (χ1) is 8.49. The average molecular weight is 255 g/mol. The van der Waals surface area contributed by atoms with Crippen molar-refractivity contribution in [3.05, 3.63) is 12.2 Å². The van der Waals surface area contributed by atoms with Gasteiger partial charge in [0.2, 0.25) is 0 Å². The normalized spacial score (nSPS) is 14.7. The lowest BCUT2D eigenvalue weighted by Gasteiger charge is -2.35. The summed E-state index contributed by atoms with van der Waals surface area (Å²) in [6.45, 7) is 7.70. The Morgan fingerprint density at radius 1 is 1.33 bits per heavy atom. The maximum Gasteiger partial charge on any atom is 0.407 e. The number of hydrogen-bond donors (Lipinski definition) is 1. The maximum atomic E-state index is 11.3. The molecule has 18 heavy (non-hydrogen) atoms. The number of carbonyl (C=O) groups is 2. The highest BCUT2D eigenvalue weighted by atomic mass is 16.4. The van der Waals surface area contributed by atoms with Gasteiger partial charge in [-0.3, -0.25) is 0 Å². The number of amides is 1. The highest BCUT2D eigenvalue weighted by Crippen LogP contribution is 2.22. The van der Waals surface area contributed by atoms with E-state index in [1.54, 1.807) is 0 Å². The minimum atomic E-state index is -0.919. The second kappa shape index (κ2) is 8.72. The van der Waals surface area contributed by atoms with Crippen LogP contribution in [0.2, 0.25) is 0 Å². The van der Waals surface area contributed by atoms with E-state index in [0.717, 1.165) is 12.7 Å². The smallest absolute Gasteiger partial charge is 0.407 e. The Labute approximate surface area is 110 Å². The third kappa shape index (κ3) is 4.90. The van der Waals surface area contributed by atoms with Crippen LogP contribution in [-0.2, 0) is 4.79 Å². The van der Waals surface area contributed by atoms with Gasteiger partial charge in [-0.25, -0.2) is 4.79 Å². The molecule has 0 aliphatic rings. The van der Waals surface area contributed by atoms with Gasteiger partial charge in [0.15, 0.2) is 0 Å². The Bertz CT molecular complexity index is 287. The molecule has 1 N–H and O–H groups in total. The molecular weight excluding hydrogens is 230 g/mol. The topological polar surface area (TPSA) is 57.6 Å². The quantitative estimate of drug-likeness (QED) is 0.534. The van der Waals surface area contributed by atoms with Crippen molar-refractivity contribution in [2.24, 2.45) is 5.92 Å². The van der Waals surface area contributed by atoms with Crippen molar-refractivity contribution in [3.8, 4) is 0 Å². The summed E-state index contributed by atoms with van der Waals surface area (Å²) < 4.78 is 0. The molecule has 0 radical (unpaired) electrons. The van der Waals surface area contributed by atoms with E-state index in [1.165, 1.54) is 4.90 Å². The van der Waals surface area contributed by atoms with Gasteiger partial charge in [-0.2, -0.15) is 0 Å². The molecular formula is C14H25NO3. The number of nitrogens with zero attached hydrogens (tertiary/aromatic N) is 1. The van der Waals surface area contributed by atoms with Crippen LogP contribution in [0.15, 0.2) is 12.2 Å². The SMILES string of the molecule is CCC=CC(CC=O)C(CC)N(C(=O)O)C(C)C. The zero-order chi connectivity index (χ0) is 14.1. The molecule has 0 aromatic heterocycles. The molecule has 0 aromatic carbocycles. The molecule has 1 amide bonds. The zero-order valence-electron chi connectivity index (χ0n) is 11.8. The second-order valence-electron chi connectivity index (χ2n) is 4.66. The molecule has 0 bridgehead atoms. The Hall–Kier alpha value is -1.32. The van der Waals surface area contributed by atoms with Gasteiger partial charge in [0.1, 0.15) is 6.29 Å². The first-order valence-corrected chi connectivity index (χ1v) is 6.61. The number of hydrogen-bond acceptors (Lipinski definition) is 2. The van der Waals surface area contributed by atoms with Gasteiger partial charge in [0.05, 0.1) is 0 Å². The summed E-state index contributed by atoms with van der Waals surface area (Å²) in [7, 11) is 0. The van der Waals surface area contributed by atoms with Crippen LogP contribution in [0, 0.1) is 5.92 Å². The van der Waals surface area contributed by atoms with Gasteiger partial charge in [-0.1, -0.05) is 26.0 Å². The lowest BCUT2D eigenvalue weighted by Crippen LogP contribution is -2.47. The minimum absolute atomic E-state index is 0.0362. The van der Waals surface area contributed by atoms with Crippen molar-refractivity contribution in [3.63, 3.8) is 0 Å². The van der Waals surface area contributed by atoms with Crippen LogP contribution >= 0.6 is 0 Å². The van der Waals surface area contributed by atoms with Gasteiger partial charge in [-0.15, -0.1) is 0 Å². The number of aldehydes is 1. The molecule has 0 aromatic rings. The number of carboxylic acid groups (broad SMARTS) is 1. The second-order valence-corrected chi connectivity index (χ2v) is 4.66. The summed E-state index contributed by atoms with van der Waals surface area (Å²) >= 11 is 0. The van der Waals surface area contributed by atoms with Crippen LogP contribution in [0.5, 0.6) is 0 Å². The molecule has 0 saturated carbocycles. The Balaban J connectivity index is 5.11. The first-order valence-electron chi connectivity index (χ1n) is 6.61. The summed E-state index contributed by atoms with van der Waals surface area (Å²) in [4.78, 5) is 23.6. The first kappa shape index (κ1) is 16.7. The lowest BCUT2D eigenvalue weighted by atomic mass is 9.92. The van der Waals surface area contributed by atoms with E-state index in [4.69, 9.17) is 0 Å². The fourth-order valence-electron chi connectivity index (χ4n) is 2.24. The molecule has 0 saturated heterocycles. The molecule has 0 aliphatic carbocycles. The van der Waals surface area contributed by atoms with Crippen LogP contribution in [0.4, 0.5) is 4.79 Å². The fourth-order valence-corrected chi connectivity index (χ4v) is 2.24. The van der Waals surface area contributed by atoms with Gasteiger partial charge in [0, 0.05) is 24.4 Å². The fraction of sp³-hybridized carbons (Fsp3) is 0.714. The highest BCUT2D eigenvalue weighted by molar-refractivity contribution is 5.66. The number of rotatable bonds is 8. The predicted molar refractivity (Wildman–Crippen MR) is 72.7 cm³/mol. The molecule has 4 nitrogen and oxygen atoms in total. The van der Waals surface area contributed by atoms with Crippen molar-refractivity contribution in [2.75, 3.05) is 0 Å². The summed E-state index contributed by atoms with van der Waals surface area (Å²) in [5.74, 6) is -0.0362. The van der Waals surface area contributed by atoms with Crippen LogP contribution in [0.1, 0.15) is 47.0 Å². The molecule has 0 rings (SSSR count). The summed E-state index contributed by atoms with van der Waals surface area (Å²) in [6, 6.07) is -0.230. The molecule has 0 heterocycles. The van der Waals surface area contributed by atoms with E-state index in [9.17, 15) is 14.7 Å². The van der Waals surface area contributed by atoms with E-state index in [1.807, 2.05) is 39.8 Å². The summed E-state index contributed by atoms with van der Waals surface area (Å²) in [5, 5.41) is 9.30. The predicted octanol–water partition coefficient (Wildman–Crippen LogP) is 3.32. The van der Waals surface area contributed by atoms with E-state index in [2.05, 4.69) is 0 Å². The van der Waals surface area contributed by atoms with Gasteiger partial charge >= 0.3 is 6.09 Å². The van der Waals surface area contributed by atoms with E-state index in [0.29, 0.717) is 12.8 Å². The molecule has 104 valence electrons. The van der Waals surface area contributed by atoms with Gasteiger partial charge in [-0.05, 0) is 26.7 Å². The van der Waals surface area contributed by atoms with Crippen LogP contribution in [0.25, 0.3) is 0 Å². The standard InChI is InChI=1S/C14H25NO3/c1-5-7-8-12(9-10-16)13(6-2)15(11(3)4)14(17)18/h7-8,10-13H,5-6,9H2,1-4H3,(H,17,18). The Morgan fingerprint density at radius 3 is 2.28 bits per heavy atom. The lowest BCUT2D eigenvalue weighted by molar-refractivity contribution is -0.108. The van der Waals surface area contributed by atoms with Crippen molar-refractivity contribution < 1.29 is 14.7 Å². The largest absolute Gasteiger partial charge is 0.465 e. The van der Waals surface area contributed by atoms with Crippen LogP contribution in [-0.4, -0.2) is 34.5 Å². The van der Waals surface area contributed by atoms with Crippen molar-refractivity contribution >= 4 is 12.4 Å². The highest BCUT2D eigenvalue weighted by Gasteiger charge is 2.29. The van der Waals surface area contributed by atoms with Crippen LogP contribution < -0.4 is 0 Å². The Kier molecular flexibility index (Phi) is 8.08. The van der Waals surface area contributed by atoms with Crippen molar-refractivity contribution in [2.45, 2.75) is 59.0 Å². The third-order valence-electron chi connectivity index (χ3n) is 3.03. The zero-order valence-corrected chi connectivity index (χ0v) is 11.8. The third-order valence-corrected chi connectivity index (χ3v) is 3.03. The molecule has 4 heteroatoms. The molecule has 0 fully saturated rings. The average Bonchev–Trinajstić information content (AvgIpc) is 2.30. The van der Waals surface area contributed by atoms with E-state index < -0.39 is 6.09 Å². The molecule has 2 unspecified atom stereocenters. The number of allylic oxidation sites excluding steroid dienone is 1. The minimum Gasteiger partial charge on any atom is -0.465 e. The molecule has 2 atom stereocenters. The van der Waals surface area contributed by atoms with Gasteiger partial charge in [0.25, 0.3) is 0 Å². The van der Waals surface area contributed by atoms with Crippen molar-refractivity contribution in [1.82, 2.24) is 4.90 Å². The summed E-state index contributed by atoms with van der Waals surface area (Å²) in [6.07, 6.45) is 5.88. The maximum absolute atomic E-state index is 11.3.